The smallest absolute Gasteiger partial charge is 0.242 e. The third-order valence-corrected chi connectivity index (χ3v) is 4.83. The molecule has 20 heavy (non-hydrogen) atoms. The summed E-state index contributed by atoms with van der Waals surface area (Å²) >= 11 is -0.147. The van der Waals surface area contributed by atoms with E-state index in [1.807, 2.05) is 20.8 Å². The van der Waals surface area contributed by atoms with E-state index in [4.69, 9.17) is 0 Å². The van der Waals surface area contributed by atoms with Crippen molar-refractivity contribution >= 4 is 22.7 Å². The Morgan fingerprint density at radius 3 is 2.35 bits per heavy atom. The highest BCUT2D eigenvalue weighted by molar-refractivity contribution is 8.00. The van der Waals surface area contributed by atoms with E-state index >= 15 is 0 Å². The molecule has 1 rings (SSSR count). The van der Waals surface area contributed by atoms with E-state index in [9.17, 15) is 17.4 Å². The number of thioether (sulfide) groups is 1. The fourth-order valence-corrected chi connectivity index (χ4v) is 2.81. The van der Waals surface area contributed by atoms with Crippen LogP contribution < -0.4 is 4.72 Å². The quantitative estimate of drug-likeness (QED) is 0.831. The molecule has 0 heterocycles. The molecule has 114 valence electrons. The SMILES string of the molecule is CC(N[S@@](=O)C(C)(C)C)c1cccc(SC(F)(F)F)c1. The molecule has 0 aliphatic rings. The van der Waals surface area contributed by atoms with Gasteiger partial charge in [-0.25, -0.2) is 8.93 Å². The number of nitrogens with one attached hydrogen (secondary N) is 1. The first-order valence-electron chi connectivity index (χ1n) is 6.03. The maximum absolute atomic E-state index is 12.3. The maximum atomic E-state index is 12.3. The number of halogens is 3. The second-order valence-electron chi connectivity index (χ2n) is 5.34. The Labute approximate surface area is 124 Å². The van der Waals surface area contributed by atoms with Gasteiger partial charge in [0, 0.05) is 10.9 Å². The van der Waals surface area contributed by atoms with Crippen molar-refractivity contribution in [1.29, 1.82) is 0 Å². The Balaban J connectivity index is 2.81. The van der Waals surface area contributed by atoms with Crippen LogP contribution in [0.3, 0.4) is 0 Å². The van der Waals surface area contributed by atoms with Gasteiger partial charge in [0.2, 0.25) is 0 Å². The van der Waals surface area contributed by atoms with E-state index in [0.717, 1.165) is 0 Å². The van der Waals surface area contributed by atoms with Gasteiger partial charge in [0.05, 0.1) is 15.7 Å². The summed E-state index contributed by atoms with van der Waals surface area (Å²) < 4.78 is 51.5. The van der Waals surface area contributed by atoms with Gasteiger partial charge in [-0.3, -0.25) is 0 Å². The molecular weight excluding hydrogens is 307 g/mol. The summed E-state index contributed by atoms with van der Waals surface area (Å²) in [5, 5.41) is 0. The molecule has 1 aromatic rings. The van der Waals surface area contributed by atoms with Crippen molar-refractivity contribution in [1.82, 2.24) is 4.72 Å². The third kappa shape index (κ3) is 5.85. The predicted octanol–water partition coefficient (Wildman–Crippen LogP) is 4.41. The number of alkyl halides is 3. The molecule has 2 atom stereocenters. The fourth-order valence-electron chi connectivity index (χ4n) is 1.39. The molecule has 1 N–H and O–H groups in total. The largest absolute Gasteiger partial charge is 0.446 e. The van der Waals surface area contributed by atoms with Crippen molar-refractivity contribution in [3.05, 3.63) is 29.8 Å². The highest BCUT2D eigenvalue weighted by atomic mass is 32.2. The predicted molar refractivity (Wildman–Crippen MR) is 77.8 cm³/mol. The average molecular weight is 325 g/mol. The molecule has 0 aromatic heterocycles. The van der Waals surface area contributed by atoms with Crippen molar-refractivity contribution in [2.45, 2.75) is 48.9 Å². The van der Waals surface area contributed by atoms with E-state index in [1.165, 1.54) is 12.1 Å². The lowest BCUT2D eigenvalue weighted by Crippen LogP contribution is -2.34. The van der Waals surface area contributed by atoms with Crippen LogP contribution in [0.1, 0.15) is 39.3 Å². The van der Waals surface area contributed by atoms with E-state index < -0.39 is 21.2 Å². The first-order chi connectivity index (χ1) is 8.99. The molecule has 0 fully saturated rings. The van der Waals surface area contributed by atoms with E-state index in [0.29, 0.717) is 5.56 Å². The molecule has 7 heteroatoms. The Bertz CT molecular complexity index is 483. The Morgan fingerprint density at radius 2 is 1.85 bits per heavy atom. The van der Waals surface area contributed by atoms with Gasteiger partial charge in [-0.1, -0.05) is 12.1 Å². The van der Waals surface area contributed by atoms with Crippen LogP contribution in [-0.4, -0.2) is 14.5 Å². The van der Waals surface area contributed by atoms with Gasteiger partial charge >= 0.3 is 5.51 Å². The Hall–Kier alpha value is -0.530. The minimum Gasteiger partial charge on any atom is -0.242 e. The molecule has 0 saturated carbocycles. The van der Waals surface area contributed by atoms with Crippen LogP contribution >= 0.6 is 11.8 Å². The number of hydrogen-bond acceptors (Lipinski definition) is 2. The summed E-state index contributed by atoms with van der Waals surface area (Å²) in [7, 11) is -1.27. The number of benzene rings is 1. The molecule has 0 bridgehead atoms. The van der Waals surface area contributed by atoms with Crippen molar-refractivity contribution in [3.8, 4) is 0 Å². The lowest BCUT2D eigenvalue weighted by atomic mass is 10.1. The monoisotopic (exact) mass is 325 g/mol. The molecule has 1 unspecified atom stereocenters. The first-order valence-corrected chi connectivity index (χ1v) is 7.99. The molecule has 0 spiro atoms. The molecule has 2 nitrogen and oxygen atoms in total. The van der Waals surface area contributed by atoms with Crippen LogP contribution in [0.4, 0.5) is 13.2 Å². The van der Waals surface area contributed by atoms with E-state index in [2.05, 4.69) is 4.72 Å². The van der Waals surface area contributed by atoms with Crippen LogP contribution in [-0.2, 0) is 11.0 Å². The van der Waals surface area contributed by atoms with Gasteiger partial charge in [0.1, 0.15) is 0 Å². The van der Waals surface area contributed by atoms with Crippen LogP contribution in [0.2, 0.25) is 0 Å². The first kappa shape index (κ1) is 17.5. The number of hydrogen-bond donors (Lipinski definition) is 1. The van der Waals surface area contributed by atoms with Crippen LogP contribution in [0.25, 0.3) is 0 Å². The number of rotatable bonds is 4. The highest BCUT2D eigenvalue weighted by Crippen LogP contribution is 2.37. The second kappa shape index (κ2) is 6.49. The zero-order valence-corrected chi connectivity index (χ0v) is 13.4. The van der Waals surface area contributed by atoms with Gasteiger partial charge < -0.3 is 0 Å². The highest BCUT2D eigenvalue weighted by Gasteiger charge is 2.29. The lowest BCUT2D eigenvalue weighted by molar-refractivity contribution is -0.0328. The zero-order valence-electron chi connectivity index (χ0n) is 11.7. The molecule has 0 radical (unpaired) electrons. The van der Waals surface area contributed by atoms with Gasteiger partial charge in [0.25, 0.3) is 0 Å². The van der Waals surface area contributed by atoms with Gasteiger partial charge in [-0.05, 0) is 57.2 Å². The van der Waals surface area contributed by atoms with Crippen molar-refractivity contribution in [3.63, 3.8) is 0 Å². The Kier molecular flexibility index (Phi) is 5.69. The van der Waals surface area contributed by atoms with Crippen molar-refractivity contribution in [2.75, 3.05) is 0 Å². The standard InChI is InChI=1S/C13H18F3NOS2/c1-9(17-20(18)12(2,3)4)10-6-5-7-11(8-10)19-13(14,15)16/h5-9,17H,1-4H3/t9?,20-/m0/s1. The summed E-state index contributed by atoms with van der Waals surface area (Å²) in [6.07, 6.45) is 0. The van der Waals surface area contributed by atoms with Crippen molar-refractivity contribution in [2.24, 2.45) is 0 Å². The van der Waals surface area contributed by atoms with Gasteiger partial charge in [-0.15, -0.1) is 0 Å². The van der Waals surface area contributed by atoms with Crippen LogP contribution in [0.15, 0.2) is 29.2 Å². The Morgan fingerprint density at radius 1 is 1.25 bits per heavy atom. The lowest BCUT2D eigenvalue weighted by Gasteiger charge is -2.22. The van der Waals surface area contributed by atoms with E-state index in [1.54, 1.807) is 19.1 Å². The van der Waals surface area contributed by atoms with Gasteiger partial charge in [-0.2, -0.15) is 13.2 Å². The van der Waals surface area contributed by atoms with E-state index in [-0.39, 0.29) is 22.7 Å². The van der Waals surface area contributed by atoms with Crippen LogP contribution in [0, 0.1) is 0 Å². The molecule has 0 saturated heterocycles. The normalized spacial score (nSPS) is 15.9. The molecule has 0 aliphatic carbocycles. The summed E-state index contributed by atoms with van der Waals surface area (Å²) in [6, 6.07) is 5.88. The topological polar surface area (TPSA) is 29.1 Å². The van der Waals surface area contributed by atoms with Crippen molar-refractivity contribution < 1.29 is 17.4 Å². The minimum atomic E-state index is -4.30. The maximum Gasteiger partial charge on any atom is 0.446 e. The minimum absolute atomic E-state index is 0.130. The fraction of sp³-hybridized carbons (Fsp3) is 0.538. The second-order valence-corrected chi connectivity index (χ2v) is 8.48. The molecule has 0 aliphatic heterocycles. The average Bonchev–Trinajstić information content (AvgIpc) is 2.25. The molecule has 1 aromatic carbocycles. The van der Waals surface area contributed by atoms with Gasteiger partial charge in [0.15, 0.2) is 0 Å². The summed E-state index contributed by atoms with van der Waals surface area (Å²) in [6.45, 7) is 7.28. The molecule has 0 amide bonds. The summed E-state index contributed by atoms with van der Waals surface area (Å²) in [4.78, 5) is 0.130. The zero-order chi connectivity index (χ0) is 15.6. The molecular formula is C13H18F3NOS2. The summed E-state index contributed by atoms with van der Waals surface area (Å²) in [5.74, 6) is 0. The summed E-state index contributed by atoms with van der Waals surface area (Å²) in [5.41, 5.74) is -3.62. The third-order valence-electron chi connectivity index (χ3n) is 2.43. The van der Waals surface area contributed by atoms with Crippen LogP contribution in [0.5, 0.6) is 0 Å².